The van der Waals surface area contributed by atoms with Crippen molar-refractivity contribution in [3.8, 4) is 0 Å². The fourth-order valence-electron chi connectivity index (χ4n) is 1.60. The van der Waals surface area contributed by atoms with Crippen molar-refractivity contribution in [2.45, 2.75) is 45.6 Å². The van der Waals surface area contributed by atoms with Crippen LogP contribution in [0.5, 0.6) is 0 Å². The fraction of sp³-hybridized carbons (Fsp3) is 0.750. The molecule has 0 aliphatic carbocycles. The molecule has 0 aliphatic heterocycles. The highest BCUT2D eigenvalue weighted by Gasteiger charge is 2.23. The Hall–Kier alpha value is -0.830. The van der Waals surface area contributed by atoms with E-state index in [9.17, 15) is 9.90 Å². The Balaban J connectivity index is 4.26. The van der Waals surface area contributed by atoms with Crippen LogP contribution >= 0.6 is 0 Å². The third-order valence-electron chi connectivity index (χ3n) is 2.60. The first kappa shape index (κ1) is 14.2. The van der Waals surface area contributed by atoms with Gasteiger partial charge in [0, 0.05) is 11.5 Å². The summed E-state index contributed by atoms with van der Waals surface area (Å²) < 4.78 is 4.60. The molecule has 3 nitrogen and oxygen atoms in total. The highest BCUT2D eigenvalue weighted by molar-refractivity contribution is 5.88. The topological polar surface area (TPSA) is 46.5 Å². The number of methoxy groups -OCH3 is 1. The van der Waals surface area contributed by atoms with Crippen LogP contribution in [0.4, 0.5) is 0 Å². The molecule has 0 bridgehead atoms. The first-order chi connectivity index (χ1) is 7.04. The summed E-state index contributed by atoms with van der Waals surface area (Å²) in [6.07, 6.45) is 3.48. The van der Waals surface area contributed by atoms with Gasteiger partial charge in [0.2, 0.25) is 0 Å². The second kappa shape index (κ2) is 7.46. The molecule has 0 radical (unpaired) electrons. The van der Waals surface area contributed by atoms with Crippen LogP contribution in [0.3, 0.4) is 0 Å². The van der Waals surface area contributed by atoms with Crippen molar-refractivity contribution in [1.82, 2.24) is 0 Å². The zero-order valence-corrected chi connectivity index (χ0v) is 9.95. The number of rotatable bonds is 7. The lowest BCUT2D eigenvalue weighted by molar-refractivity contribution is -0.137. The van der Waals surface area contributed by atoms with E-state index in [2.05, 4.69) is 18.2 Å². The highest BCUT2D eigenvalue weighted by atomic mass is 16.5. The minimum absolute atomic E-state index is 0.177. The summed E-state index contributed by atoms with van der Waals surface area (Å²) in [5, 5.41) is 9.56. The van der Waals surface area contributed by atoms with E-state index in [1.54, 1.807) is 6.92 Å². The molecule has 0 aromatic heterocycles. The summed E-state index contributed by atoms with van der Waals surface area (Å²) in [5.74, 6) is -0.596. The van der Waals surface area contributed by atoms with Gasteiger partial charge >= 0.3 is 5.97 Å². The monoisotopic (exact) mass is 214 g/mol. The maximum Gasteiger partial charge on any atom is 0.333 e. The van der Waals surface area contributed by atoms with E-state index < -0.39 is 12.1 Å². The van der Waals surface area contributed by atoms with Crippen LogP contribution < -0.4 is 0 Å². The number of hydrogen-bond acceptors (Lipinski definition) is 3. The van der Waals surface area contributed by atoms with Crippen LogP contribution in [0.15, 0.2) is 12.2 Å². The minimum Gasteiger partial charge on any atom is -0.466 e. The van der Waals surface area contributed by atoms with Gasteiger partial charge in [-0.25, -0.2) is 4.79 Å². The Bertz CT molecular complexity index is 209. The van der Waals surface area contributed by atoms with E-state index in [-0.39, 0.29) is 5.92 Å². The standard InChI is InChI=1S/C12H22O3/c1-5-6-7-8-11(10(3)13)9(2)12(14)15-4/h10-11,13H,2,5-8H2,1,3-4H3. The van der Waals surface area contributed by atoms with Gasteiger partial charge in [-0.3, -0.25) is 0 Å². The van der Waals surface area contributed by atoms with Crippen LogP contribution in [0, 0.1) is 5.92 Å². The number of aliphatic hydroxyl groups excluding tert-OH is 1. The van der Waals surface area contributed by atoms with Gasteiger partial charge in [-0.05, 0) is 13.3 Å². The summed E-state index contributed by atoms with van der Waals surface area (Å²) in [6.45, 7) is 7.49. The third kappa shape index (κ3) is 4.98. The Morgan fingerprint density at radius 3 is 2.47 bits per heavy atom. The van der Waals surface area contributed by atoms with E-state index in [4.69, 9.17) is 0 Å². The molecule has 0 aromatic rings. The van der Waals surface area contributed by atoms with Crippen LogP contribution in [-0.2, 0) is 9.53 Å². The van der Waals surface area contributed by atoms with Gasteiger partial charge in [0.25, 0.3) is 0 Å². The minimum atomic E-state index is -0.548. The highest BCUT2D eigenvalue weighted by Crippen LogP contribution is 2.22. The van der Waals surface area contributed by atoms with Crippen molar-refractivity contribution < 1.29 is 14.6 Å². The molecule has 0 aromatic carbocycles. The lowest BCUT2D eigenvalue weighted by atomic mass is 9.89. The summed E-state index contributed by atoms with van der Waals surface area (Å²) in [6, 6.07) is 0. The average molecular weight is 214 g/mol. The molecule has 0 fully saturated rings. The number of unbranched alkanes of at least 4 members (excludes halogenated alkanes) is 2. The smallest absolute Gasteiger partial charge is 0.333 e. The van der Waals surface area contributed by atoms with E-state index in [0.29, 0.717) is 5.57 Å². The van der Waals surface area contributed by atoms with Gasteiger partial charge in [0.15, 0.2) is 0 Å². The van der Waals surface area contributed by atoms with Crippen molar-refractivity contribution in [3.63, 3.8) is 0 Å². The number of hydrogen-bond donors (Lipinski definition) is 1. The molecule has 1 N–H and O–H groups in total. The van der Waals surface area contributed by atoms with Crippen molar-refractivity contribution in [1.29, 1.82) is 0 Å². The predicted molar refractivity (Wildman–Crippen MR) is 60.5 cm³/mol. The first-order valence-corrected chi connectivity index (χ1v) is 5.49. The van der Waals surface area contributed by atoms with Gasteiger partial charge in [-0.2, -0.15) is 0 Å². The number of esters is 1. The molecule has 2 atom stereocenters. The van der Waals surface area contributed by atoms with Gasteiger partial charge in [-0.1, -0.05) is 32.8 Å². The molecule has 0 aliphatic rings. The number of ether oxygens (including phenoxy) is 1. The van der Waals surface area contributed by atoms with E-state index in [1.165, 1.54) is 7.11 Å². The van der Waals surface area contributed by atoms with E-state index >= 15 is 0 Å². The largest absolute Gasteiger partial charge is 0.466 e. The van der Waals surface area contributed by atoms with Crippen LogP contribution in [-0.4, -0.2) is 24.3 Å². The first-order valence-electron chi connectivity index (χ1n) is 5.49. The van der Waals surface area contributed by atoms with Crippen LogP contribution in [0.25, 0.3) is 0 Å². The van der Waals surface area contributed by atoms with Gasteiger partial charge in [-0.15, -0.1) is 0 Å². The van der Waals surface area contributed by atoms with Crippen LogP contribution in [0.1, 0.15) is 39.5 Å². The van der Waals surface area contributed by atoms with E-state index in [1.807, 2.05) is 0 Å². The lowest BCUT2D eigenvalue weighted by Crippen LogP contribution is -2.23. The molecular weight excluding hydrogens is 192 g/mol. The fourth-order valence-corrected chi connectivity index (χ4v) is 1.60. The van der Waals surface area contributed by atoms with Gasteiger partial charge < -0.3 is 9.84 Å². The zero-order valence-electron chi connectivity index (χ0n) is 9.95. The van der Waals surface area contributed by atoms with Crippen molar-refractivity contribution in [3.05, 3.63) is 12.2 Å². The molecule has 0 amide bonds. The second-order valence-electron chi connectivity index (χ2n) is 3.86. The Morgan fingerprint density at radius 2 is 2.07 bits per heavy atom. The Morgan fingerprint density at radius 1 is 1.47 bits per heavy atom. The molecule has 88 valence electrons. The van der Waals surface area contributed by atoms with Crippen molar-refractivity contribution in [2.75, 3.05) is 7.11 Å². The van der Waals surface area contributed by atoms with Gasteiger partial charge in [0.1, 0.15) is 0 Å². The molecule has 2 unspecified atom stereocenters. The normalized spacial score (nSPS) is 14.4. The average Bonchev–Trinajstić information content (AvgIpc) is 2.22. The van der Waals surface area contributed by atoms with Crippen molar-refractivity contribution in [2.24, 2.45) is 5.92 Å². The SMILES string of the molecule is C=C(C(=O)OC)C(CCCCC)C(C)O. The Kier molecular flexibility index (Phi) is 7.05. The Labute approximate surface area is 92.1 Å². The quantitative estimate of drug-likeness (QED) is 0.402. The summed E-state index contributed by atoms with van der Waals surface area (Å²) in [5.41, 5.74) is 0.378. The molecular formula is C12H22O3. The summed E-state index contributed by atoms with van der Waals surface area (Å²) >= 11 is 0. The number of carbonyl (C=O) groups is 1. The molecule has 0 saturated carbocycles. The summed E-state index contributed by atoms with van der Waals surface area (Å²) in [4.78, 5) is 11.3. The third-order valence-corrected chi connectivity index (χ3v) is 2.60. The number of carbonyl (C=O) groups excluding carboxylic acids is 1. The molecule has 0 heterocycles. The van der Waals surface area contributed by atoms with Crippen molar-refractivity contribution >= 4 is 5.97 Å². The molecule has 0 saturated heterocycles. The molecule has 15 heavy (non-hydrogen) atoms. The predicted octanol–water partition coefficient (Wildman–Crippen LogP) is 2.29. The van der Waals surface area contributed by atoms with Gasteiger partial charge in [0.05, 0.1) is 13.2 Å². The molecule has 0 rings (SSSR count). The summed E-state index contributed by atoms with van der Waals surface area (Å²) in [7, 11) is 1.33. The zero-order chi connectivity index (χ0) is 11.8. The second-order valence-corrected chi connectivity index (χ2v) is 3.86. The molecule has 0 spiro atoms. The maximum atomic E-state index is 11.3. The van der Waals surface area contributed by atoms with E-state index in [0.717, 1.165) is 25.7 Å². The maximum absolute atomic E-state index is 11.3. The molecule has 3 heteroatoms. The lowest BCUT2D eigenvalue weighted by Gasteiger charge is -2.20. The van der Waals surface area contributed by atoms with Crippen LogP contribution in [0.2, 0.25) is 0 Å². The number of aliphatic hydroxyl groups is 1.